The van der Waals surface area contributed by atoms with Crippen molar-refractivity contribution in [3.8, 4) is 0 Å². The molecule has 1 aliphatic rings. The number of aliphatic carboxylic acids is 1. The van der Waals surface area contributed by atoms with Crippen LogP contribution in [0.1, 0.15) is 19.3 Å². The van der Waals surface area contributed by atoms with Crippen molar-refractivity contribution in [1.82, 2.24) is 10.2 Å². The number of likely N-dealkylation sites (tertiary alicyclic amines) is 1. The molecule has 1 aliphatic heterocycles. The van der Waals surface area contributed by atoms with Gasteiger partial charge in [0.25, 0.3) is 0 Å². The number of carbonyl (C=O) groups excluding carboxylic acids is 1. The Morgan fingerprint density at radius 1 is 1.39 bits per heavy atom. The van der Waals surface area contributed by atoms with Crippen LogP contribution in [0.5, 0.6) is 0 Å². The number of nitrogens with zero attached hydrogens (tertiary/aromatic N) is 1. The van der Waals surface area contributed by atoms with Gasteiger partial charge in [0.15, 0.2) is 0 Å². The van der Waals surface area contributed by atoms with Gasteiger partial charge in [-0.25, -0.2) is 0 Å². The lowest BCUT2D eigenvalue weighted by atomic mass is 10.1. The number of carboxylic acid groups (broad SMARTS) is 1. The first kappa shape index (κ1) is 14.7. The molecule has 1 atom stereocenters. The Morgan fingerprint density at radius 3 is 2.61 bits per heavy atom. The second kappa shape index (κ2) is 6.03. The molecule has 1 saturated heterocycles. The molecule has 18 heavy (non-hydrogen) atoms. The van der Waals surface area contributed by atoms with E-state index in [0.29, 0.717) is 13.0 Å². The molecule has 1 heterocycles. The molecule has 104 valence electrons. The maximum absolute atomic E-state index is 11.9. The van der Waals surface area contributed by atoms with Gasteiger partial charge < -0.3 is 10.4 Å². The summed E-state index contributed by atoms with van der Waals surface area (Å²) in [6, 6.07) is -0.265. The Labute approximate surface area is 102 Å². The number of alkyl halides is 3. The largest absolute Gasteiger partial charge is 0.481 e. The Balaban J connectivity index is 2.36. The van der Waals surface area contributed by atoms with Crippen LogP contribution in [0, 0.1) is 0 Å². The van der Waals surface area contributed by atoms with Crippen LogP contribution in [0.3, 0.4) is 0 Å². The average molecular weight is 268 g/mol. The SMILES string of the molecule is O=C(O)CC1CCCN1CC(=O)NCC(F)(F)F. The van der Waals surface area contributed by atoms with Crippen LogP contribution in [-0.4, -0.2) is 53.7 Å². The fraction of sp³-hybridized carbons (Fsp3) is 0.800. The van der Waals surface area contributed by atoms with E-state index in [1.165, 1.54) is 0 Å². The average Bonchev–Trinajstić information content (AvgIpc) is 2.61. The first-order valence-corrected chi connectivity index (χ1v) is 5.57. The molecule has 0 aromatic rings. The highest BCUT2D eigenvalue weighted by atomic mass is 19.4. The highest BCUT2D eigenvalue weighted by molar-refractivity contribution is 5.78. The molecule has 1 rings (SSSR count). The Bertz CT molecular complexity index is 320. The van der Waals surface area contributed by atoms with Gasteiger partial charge in [0.1, 0.15) is 6.54 Å². The third-order valence-electron chi connectivity index (χ3n) is 2.74. The van der Waals surface area contributed by atoms with Crippen LogP contribution in [0.15, 0.2) is 0 Å². The van der Waals surface area contributed by atoms with Gasteiger partial charge in [-0.15, -0.1) is 0 Å². The number of nitrogens with one attached hydrogen (secondary N) is 1. The summed E-state index contributed by atoms with van der Waals surface area (Å²) in [5.41, 5.74) is 0. The van der Waals surface area contributed by atoms with E-state index in [9.17, 15) is 22.8 Å². The Kier molecular flexibility index (Phi) is 4.94. The third-order valence-corrected chi connectivity index (χ3v) is 2.74. The summed E-state index contributed by atoms with van der Waals surface area (Å²) in [6.45, 7) is -1.01. The van der Waals surface area contributed by atoms with E-state index in [2.05, 4.69) is 0 Å². The number of carboxylic acids is 1. The lowest BCUT2D eigenvalue weighted by Gasteiger charge is -2.22. The molecular weight excluding hydrogens is 253 g/mol. The predicted octanol–water partition coefficient (Wildman–Crippen LogP) is 0.604. The molecule has 1 fully saturated rings. The molecule has 0 spiro atoms. The van der Waals surface area contributed by atoms with E-state index in [1.807, 2.05) is 0 Å². The minimum Gasteiger partial charge on any atom is -0.481 e. The van der Waals surface area contributed by atoms with Crippen LogP contribution in [-0.2, 0) is 9.59 Å². The summed E-state index contributed by atoms with van der Waals surface area (Å²) in [4.78, 5) is 23.5. The summed E-state index contributed by atoms with van der Waals surface area (Å²) in [5.74, 6) is -1.70. The van der Waals surface area contributed by atoms with Crippen molar-refractivity contribution < 1.29 is 27.9 Å². The van der Waals surface area contributed by atoms with E-state index in [0.717, 1.165) is 6.42 Å². The summed E-state index contributed by atoms with van der Waals surface area (Å²) < 4.78 is 35.6. The lowest BCUT2D eigenvalue weighted by molar-refractivity contribution is -0.140. The van der Waals surface area contributed by atoms with Crippen molar-refractivity contribution in [3.05, 3.63) is 0 Å². The van der Waals surface area contributed by atoms with Crippen molar-refractivity contribution >= 4 is 11.9 Å². The summed E-state index contributed by atoms with van der Waals surface area (Å²) in [5, 5.41) is 10.4. The molecular formula is C10H15F3N2O3. The predicted molar refractivity (Wildman–Crippen MR) is 55.9 cm³/mol. The number of carbonyl (C=O) groups is 2. The smallest absolute Gasteiger partial charge is 0.405 e. The van der Waals surface area contributed by atoms with Gasteiger partial charge in [0.2, 0.25) is 5.91 Å². The molecule has 0 aromatic carbocycles. The zero-order chi connectivity index (χ0) is 13.8. The maximum Gasteiger partial charge on any atom is 0.405 e. The van der Waals surface area contributed by atoms with E-state index in [-0.39, 0.29) is 19.0 Å². The van der Waals surface area contributed by atoms with E-state index in [1.54, 1.807) is 10.2 Å². The topological polar surface area (TPSA) is 69.6 Å². The molecule has 0 aliphatic carbocycles. The number of hydrogen-bond acceptors (Lipinski definition) is 3. The fourth-order valence-corrected chi connectivity index (χ4v) is 1.98. The second-order valence-electron chi connectivity index (χ2n) is 4.26. The molecule has 0 aromatic heterocycles. The third kappa shape index (κ3) is 5.35. The van der Waals surface area contributed by atoms with Gasteiger partial charge in [-0.05, 0) is 19.4 Å². The number of rotatable bonds is 5. The number of amides is 1. The zero-order valence-corrected chi connectivity index (χ0v) is 9.66. The van der Waals surface area contributed by atoms with Crippen molar-refractivity contribution in [1.29, 1.82) is 0 Å². The van der Waals surface area contributed by atoms with E-state index >= 15 is 0 Å². The van der Waals surface area contributed by atoms with Gasteiger partial charge in [-0.1, -0.05) is 0 Å². The molecule has 1 amide bonds. The van der Waals surface area contributed by atoms with Crippen molar-refractivity contribution in [2.45, 2.75) is 31.5 Å². The quantitative estimate of drug-likeness (QED) is 0.766. The number of halogens is 3. The fourth-order valence-electron chi connectivity index (χ4n) is 1.98. The van der Waals surface area contributed by atoms with Gasteiger partial charge in [0, 0.05) is 6.04 Å². The summed E-state index contributed by atoms with van der Waals surface area (Å²) in [7, 11) is 0. The molecule has 0 radical (unpaired) electrons. The van der Waals surface area contributed by atoms with Gasteiger partial charge in [0.05, 0.1) is 13.0 Å². The molecule has 8 heteroatoms. The number of hydrogen-bond donors (Lipinski definition) is 2. The molecule has 1 unspecified atom stereocenters. The van der Waals surface area contributed by atoms with Crippen molar-refractivity contribution in [3.63, 3.8) is 0 Å². The van der Waals surface area contributed by atoms with E-state index < -0.39 is 24.6 Å². The van der Waals surface area contributed by atoms with Crippen molar-refractivity contribution in [2.24, 2.45) is 0 Å². The normalized spacial score (nSPS) is 20.9. The zero-order valence-electron chi connectivity index (χ0n) is 9.66. The second-order valence-corrected chi connectivity index (χ2v) is 4.26. The first-order chi connectivity index (χ1) is 8.28. The van der Waals surface area contributed by atoms with E-state index in [4.69, 9.17) is 5.11 Å². The van der Waals surface area contributed by atoms with Crippen molar-refractivity contribution in [2.75, 3.05) is 19.6 Å². The monoisotopic (exact) mass is 268 g/mol. The standard InChI is InChI=1S/C10H15F3N2O3/c11-10(12,13)6-14-8(16)5-15-3-1-2-7(15)4-9(17)18/h7H,1-6H2,(H,14,16)(H,17,18). The van der Waals surface area contributed by atoms with Crippen LogP contribution >= 0.6 is 0 Å². The highest BCUT2D eigenvalue weighted by Gasteiger charge is 2.30. The Morgan fingerprint density at radius 2 is 2.06 bits per heavy atom. The minimum absolute atomic E-state index is 0.0907. The highest BCUT2D eigenvalue weighted by Crippen LogP contribution is 2.19. The van der Waals surface area contributed by atoms with Gasteiger partial charge >= 0.3 is 12.1 Å². The van der Waals surface area contributed by atoms with Crippen LogP contribution < -0.4 is 5.32 Å². The molecule has 5 nitrogen and oxygen atoms in total. The van der Waals surface area contributed by atoms with Gasteiger partial charge in [-0.3, -0.25) is 14.5 Å². The van der Waals surface area contributed by atoms with Crippen LogP contribution in [0.2, 0.25) is 0 Å². The molecule has 0 bridgehead atoms. The molecule has 2 N–H and O–H groups in total. The maximum atomic E-state index is 11.9. The lowest BCUT2D eigenvalue weighted by Crippen LogP contribution is -2.43. The summed E-state index contributed by atoms with van der Waals surface area (Å²) in [6.07, 6.45) is -3.11. The summed E-state index contributed by atoms with van der Waals surface area (Å²) >= 11 is 0. The van der Waals surface area contributed by atoms with Gasteiger partial charge in [-0.2, -0.15) is 13.2 Å². The van der Waals surface area contributed by atoms with Crippen LogP contribution in [0.4, 0.5) is 13.2 Å². The Hall–Kier alpha value is -1.31. The van der Waals surface area contributed by atoms with Crippen LogP contribution in [0.25, 0.3) is 0 Å². The first-order valence-electron chi connectivity index (χ1n) is 5.57. The molecule has 0 saturated carbocycles. The minimum atomic E-state index is -4.43.